The number of carbonyl (C=O) groups is 2. The summed E-state index contributed by atoms with van der Waals surface area (Å²) in [7, 11) is 1.57. The molecule has 3 aromatic carbocycles. The van der Waals surface area contributed by atoms with Gasteiger partial charge in [0.05, 0.1) is 17.8 Å². The lowest BCUT2D eigenvalue weighted by molar-refractivity contribution is -0.118. The normalized spacial score (nSPS) is 10.6. The number of halogens is 1. The summed E-state index contributed by atoms with van der Waals surface area (Å²) in [6.45, 7) is -0.176. The predicted molar refractivity (Wildman–Crippen MR) is 127 cm³/mol. The average molecular weight is 462 g/mol. The molecule has 33 heavy (non-hydrogen) atoms. The highest BCUT2D eigenvalue weighted by Crippen LogP contribution is 2.22. The van der Waals surface area contributed by atoms with Crippen LogP contribution in [0.15, 0.2) is 78.4 Å². The van der Waals surface area contributed by atoms with E-state index in [9.17, 15) is 14.9 Å². The maximum atomic E-state index is 12.4. The smallest absolute Gasteiger partial charge is 0.266 e. The third-order valence-corrected chi connectivity index (χ3v) is 4.75. The standard InChI is InChI=1S/C25H20ClN3O4/c1-32-20-12-8-19(9-13-20)28-24(30)16-33-21-10-6-17(7-11-21)14-18(15-27)25(31)29-23-5-3-2-4-22(23)26/h2-14H,16H2,1H3,(H,28,30)(H,29,31). The summed E-state index contributed by atoms with van der Waals surface area (Å²) in [6.07, 6.45) is 1.45. The summed E-state index contributed by atoms with van der Waals surface area (Å²) in [5.41, 5.74) is 1.59. The van der Waals surface area contributed by atoms with E-state index < -0.39 is 5.91 Å². The number of para-hydroxylation sites is 1. The molecule has 0 bridgehead atoms. The number of methoxy groups -OCH3 is 1. The number of hydrogen-bond acceptors (Lipinski definition) is 5. The molecule has 0 aliphatic carbocycles. The second-order valence-corrected chi connectivity index (χ2v) is 7.15. The number of anilines is 2. The number of nitrogens with one attached hydrogen (secondary N) is 2. The van der Waals surface area contributed by atoms with E-state index >= 15 is 0 Å². The number of ether oxygens (including phenoxy) is 2. The van der Waals surface area contributed by atoms with Crippen LogP contribution in [0.1, 0.15) is 5.56 Å². The molecule has 0 aromatic heterocycles. The van der Waals surface area contributed by atoms with Crippen molar-refractivity contribution in [2.45, 2.75) is 0 Å². The van der Waals surface area contributed by atoms with Crippen molar-refractivity contribution in [1.82, 2.24) is 0 Å². The van der Waals surface area contributed by atoms with Gasteiger partial charge in [-0.2, -0.15) is 5.26 Å². The molecular formula is C25H20ClN3O4. The zero-order valence-corrected chi connectivity index (χ0v) is 18.4. The maximum absolute atomic E-state index is 12.4. The van der Waals surface area contributed by atoms with Gasteiger partial charge in [0.25, 0.3) is 11.8 Å². The van der Waals surface area contributed by atoms with Crippen molar-refractivity contribution in [3.8, 4) is 17.6 Å². The van der Waals surface area contributed by atoms with E-state index in [1.165, 1.54) is 6.08 Å². The van der Waals surface area contributed by atoms with Gasteiger partial charge in [0.2, 0.25) is 0 Å². The van der Waals surface area contributed by atoms with Crippen LogP contribution in [-0.4, -0.2) is 25.5 Å². The molecule has 8 heteroatoms. The molecule has 0 aliphatic rings. The molecule has 3 aromatic rings. The van der Waals surface area contributed by atoms with Gasteiger partial charge in [-0.05, 0) is 60.2 Å². The molecule has 3 rings (SSSR count). The fourth-order valence-electron chi connectivity index (χ4n) is 2.75. The maximum Gasteiger partial charge on any atom is 0.266 e. The van der Waals surface area contributed by atoms with Crippen LogP contribution in [0.4, 0.5) is 11.4 Å². The monoisotopic (exact) mass is 461 g/mol. The zero-order chi connectivity index (χ0) is 23.6. The van der Waals surface area contributed by atoms with Crippen molar-refractivity contribution < 1.29 is 19.1 Å². The van der Waals surface area contributed by atoms with Gasteiger partial charge in [-0.1, -0.05) is 35.9 Å². The molecule has 166 valence electrons. The van der Waals surface area contributed by atoms with E-state index in [-0.39, 0.29) is 18.1 Å². The molecule has 2 N–H and O–H groups in total. The lowest BCUT2D eigenvalue weighted by Crippen LogP contribution is -2.20. The van der Waals surface area contributed by atoms with Gasteiger partial charge in [0.1, 0.15) is 23.1 Å². The molecule has 0 heterocycles. The fraction of sp³-hybridized carbons (Fsp3) is 0.0800. The molecule has 2 amide bonds. The Kier molecular flexibility index (Phi) is 8.06. The van der Waals surface area contributed by atoms with Crippen LogP contribution in [-0.2, 0) is 9.59 Å². The van der Waals surface area contributed by atoms with E-state index in [2.05, 4.69) is 10.6 Å². The number of hydrogen-bond donors (Lipinski definition) is 2. The lowest BCUT2D eigenvalue weighted by Gasteiger charge is -2.08. The summed E-state index contributed by atoms with van der Waals surface area (Å²) >= 11 is 6.04. The third kappa shape index (κ3) is 6.86. The predicted octanol–water partition coefficient (Wildman–Crippen LogP) is 4.91. The lowest BCUT2D eigenvalue weighted by atomic mass is 10.1. The van der Waals surface area contributed by atoms with Crippen LogP contribution in [0, 0.1) is 11.3 Å². The van der Waals surface area contributed by atoms with Gasteiger partial charge >= 0.3 is 0 Å². The van der Waals surface area contributed by atoms with Gasteiger partial charge in [-0.25, -0.2) is 0 Å². The van der Waals surface area contributed by atoms with Crippen LogP contribution >= 0.6 is 11.6 Å². The Morgan fingerprint density at radius 2 is 1.64 bits per heavy atom. The molecule has 0 fully saturated rings. The Morgan fingerprint density at radius 1 is 0.970 bits per heavy atom. The van der Waals surface area contributed by atoms with Crippen molar-refractivity contribution in [1.29, 1.82) is 5.26 Å². The highest BCUT2D eigenvalue weighted by molar-refractivity contribution is 6.34. The van der Waals surface area contributed by atoms with Crippen molar-refractivity contribution in [3.63, 3.8) is 0 Å². The van der Waals surface area contributed by atoms with Crippen molar-refractivity contribution in [2.75, 3.05) is 24.4 Å². The summed E-state index contributed by atoms with van der Waals surface area (Å²) in [6, 6.07) is 22.2. The van der Waals surface area contributed by atoms with Gasteiger partial charge in [0, 0.05) is 5.69 Å². The van der Waals surface area contributed by atoms with Gasteiger partial charge < -0.3 is 20.1 Å². The molecule has 0 atom stereocenters. The number of rotatable bonds is 8. The van der Waals surface area contributed by atoms with Crippen LogP contribution in [0.25, 0.3) is 6.08 Å². The first kappa shape index (κ1) is 23.4. The Morgan fingerprint density at radius 3 is 2.27 bits per heavy atom. The second-order valence-electron chi connectivity index (χ2n) is 6.74. The number of nitriles is 1. The average Bonchev–Trinajstić information content (AvgIpc) is 2.83. The molecule has 0 aliphatic heterocycles. The minimum atomic E-state index is -0.568. The molecule has 7 nitrogen and oxygen atoms in total. The van der Waals surface area contributed by atoms with Crippen LogP contribution < -0.4 is 20.1 Å². The zero-order valence-electron chi connectivity index (χ0n) is 17.7. The van der Waals surface area contributed by atoms with Crippen LogP contribution in [0.2, 0.25) is 5.02 Å². The Hall–Kier alpha value is -4.28. The highest BCUT2D eigenvalue weighted by Gasteiger charge is 2.11. The Balaban J connectivity index is 1.56. The minimum Gasteiger partial charge on any atom is -0.497 e. The first-order chi connectivity index (χ1) is 16.0. The largest absolute Gasteiger partial charge is 0.497 e. The Labute approximate surface area is 196 Å². The third-order valence-electron chi connectivity index (χ3n) is 4.42. The first-order valence-electron chi connectivity index (χ1n) is 9.83. The van der Waals surface area contributed by atoms with Crippen LogP contribution in [0.5, 0.6) is 11.5 Å². The van der Waals surface area contributed by atoms with E-state index in [1.54, 1.807) is 79.9 Å². The SMILES string of the molecule is COc1ccc(NC(=O)COc2ccc(C=C(C#N)C(=O)Nc3ccccc3Cl)cc2)cc1. The number of carbonyl (C=O) groups excluding carboxylic acids is 2. The highest BCUT2D eigenvalue weighted by atomic mass is 35.5. The van der Waals surface area contributed by atoms with Crippen LogP contribution in [0.3, 0.4) is 0 Å². The Bertz CT molecular complexity index is 1200. The number of benzene rings is 3. The number of nitrogens with zero attached hydrogens (tertiary/aromatic N) is 1. The number of amides is 2. The first-order valence-corrected chi connectivity index (χ1v) is 10.2. The molecule has 0 saturated carbocycles. The second kappa shape index (κ2) is 11.4. The van der Waals surface area contributed by atoms with Gasteiger partial charge in [0.15, 0.2) is 6.61 Å². The molecule has 0 radical (unpaired) electrons. The van der Waals surface area contributed by atoms with Crippen molar-refractivity contribution >= 4 is 40.9 Å². The van der Waals surface area contributed by atoms with E-state index in [0.717, 1.165) is 0 Å². The summed E-state index contributed by atoms with van der Waals surface area (Å²) in [5, 5.41) is 15.1. The molecular weight excluding hydrogens is 442 g/mol. The van der Waals surface area contributed by atoms with Gasteiger partial charge in [-0.3, -0.25) is 9.59 Å². The van der Waals surface area contributed by atoms with E-state index in [0.29, 0.717) is 33.5 Å². The topological polar surface area (TPSA) is 100 Å². The van der Waals surface area contributed by atoms with Crippen molar-refractivity contribution in [2.24, 2.45) is 0 Å². The summed E-state index contributed by atoms with van der Waals surface area (Å²) < 4.78 is 10.6. The molecule has 0 saturated heterocycles. The summed E-state index contributed by atoms with van der Waals surface area (Å²) in [5.74, 6) is 0.281. The summed E-state index contributed by atoms with van der Waals surface area (Å²) in [4.78, 5) is 24.5. The van der Waals surface area contributed by atoms with E-state index in [1.807, 2.05) is 6.07 Å². The molecule has 0 unspecified atom stereocenters. The van der Waals surface area contributed by atoms with Gasteiger partial charge in [-0.15, -0.1) is 0 Å². The minimum absolute atomic E-state index is 0.0811. The quantitative estimate of drug-likeness (QED) is 0.366. The fourth-order valence-corrected chi connectivity index (χ4v) is 2.93. The van der Waals surface area contributed by atoms with Crippen molar-refractivity contribution in [3.05, 3.63) is 89.0 Å². The van der Waals surface area contributed by atoms with E-state index in [4.69, 9.17) is 21.1 Å². The molecule has 0 spiro atoms.